The van der Waals surface area contributed by atoms with E-state index in [4.69, 9.17) is 4.74 Å². The van der Waals surface area contributed by atoms with E-state index in [1.54, 1.807) is 23.9 Å². The average molecular weight is 479 g/mol. The minimum absolute atomic E-state index is 0.164. The number of hydrogen-bond acceptors (Lipinski definition) is 6. The van der Waals surface area contributed by atoms with Crippen LogP contribution in [0.15, 0.2) is 46.3 Å². The van der Waals surface area contributed by atoms with Crippen LogP contribution >= 0.6 is 23.1 Å². The standard InChI is InChI=1S/C22H26N2O4S3/c1-15-13-19-20(14-16(15)2)30-22(24(19)10-11-29-4)23-21(25)9-12-31(26,27)18-7-5-17(28-3)6-8-18/h5-8,13-14H,9-12H2,1-4H3. The first-order valence-corrected chi connectivity index (χ1v) is 13.7. The molecule has 0 aliphatic rings. The lowest BCUT2D eigenvalue weighted by atomic mass is 10.1. The fraction of sp³-hybridized carbons (Fsp3) is 0.364. The minimum Gasteiger partial charge on any atom is -0.497 e. The molecule has 3 rings (SSSR count). The van der Waals surface area contributed by atoms with Gasteiger partial charge in [-0.25, -0.2) is 8.42 Å². The highest BCUT2D eigenvalue weighted by Gasteiger charge is 2.17. The molecule has 0 aliphatic carbocycles. The molecule has 2 aromatic carbocycles. The molecule has 0 spiro atoms. The number of rotatable bonds is 8. The van der Waals surface area contributed by atoms with Crippen LogP contribution in [0.4, 0.5) is 0 Å². The van der Waals surface area contributed by atoms with E-state index in [2.05, 4.69) is 35.5 Å². The maximum Gasteiger partial charge on any atom is 0.249 e. The molecular formula is C22H26N2O4S3. The smallest absolute Gasteiger partial charge is 0.249 e. The number of sulfone groups is 1. The Labute approximate surface area is 190 Å². The molecule has 6 nitrogen and oxygen atoms in total. The van der Waals surface area contributed by atoms with Gasteiger partial charge in [-0.15, -0.1) is 0 Å². The molecule has 0 unspecified atom stereocenters. The Morgan fingerprint density at radius 3 is 2.48 bits per heavy atom. The first-order chi connectivity index (χ1) is 14.7. The van der Waals surface area contributed by atoms with Crippen LogP contribution in [0.5, 0.6) is 5.75 Å². The number of carbonyl (C=O) groups is 1. The topological polar surface area (TPSA) is 77.7 Å². The fourth-order valence-electron chi connectivity index (χ4n) is 3.09. The van der Waals surface area contributed by atoms with Gasteiger partial charge < -0.3 is 9.30 Å². The average Bonchev–Trinajstić information content (AvgIpc) is 3.06. The highest BCUT2D eigenvalue weighted by molar-refractivity contribution is 7.98. The predicted octanol–water partition coefficient (Wildman–Crippen LogP) is 3.98. The summed E-state index contributed by atoms with van der Waals surface area (Å²) in [4.78, 5) is 17.6. The summed E-state index contributed by atoms with van der Waals surface area (Å²) in [5.74, 6) is 0.756. The molecule has 0 N–H and O–H groups in total. The Hall–Kier alpha value is -2.10. The largest absolute Gasteiger partial charge is 0.497 e. The zero-order valence-electron chi connectivity index (χ0n) is 18.0. The molecule has 0 atom stereocenters. The Bertz CT molecular complexity index is 1260. The summed E-state index contributed by atoms with van der Waals surface area (Å²) in [6, 6.07) is 10.4. The van der Waals surface area contributed by atoms with Crippen LogP contribution in [0.1, 0.15) is 17.5 Å². The SMILES string of the molecule is COc1ccc(S(=O)(=O)CCC(=O)N=c2sc3cc(C)c(C)cc3n2CCSC)cc1. The van der Waals surface area contributed by atoms with E-state index in [0.29, 0.717) is 10.6 Å². The number of carbonyl (C=O) groups excluding carboxylic acids is 1. The molecule has 0 radical (unpaired) electrons. The summed E-state index contributed by atoms with van der Waals surface area (Å²) in [6.07, 6.45) is 1.87. The molecule has 0 bridgehead atoms. The Morgan fingerprint density at radius 1 is 1.16 bits per heavy atom. The van der Waals surface area contributed by atoms with Gasteiger partial charge in [0.25, 0.3) is 0 Å². The van der Waals surface area contributed by atoms with E-state index in [1.165, 1.54) is 41.7 Å². The van der Waals surface area contributed by atoms with Crippen LogP contribution in [0, 0.1) is 13.8 Å². The van der Waals surface area contributed by atoms with Gasteiger partial charge in [0, 0.05) is 18.7 Å². The van der Waals surface area contributed by atoms with Crippen molar-refractivity contribution in [3.8, 4) is 5.75 Å². The number of aromatic nitrogens is 1. The number of fused-ring (bicyclic) bond motifs is 1. The monoisotopic (exact) mass is 478 g/mol. The lowest BCUT2D eigenvalue weighted by Crippen LogP contribution is -2.19. The van der Waals surface area contributed by atoms with Crippen molar-refractivity contribution in [2.45, 2.75) is 31.7 Å². The zero-order valence-corrected chi connectivity index (χ0v) is 20.5. The van der Waals surface area contributed by atoms with Gasteiger partial charge in [0.15, 0.2) is 14.6 Å². The predicted molar refractivity (Wildman–Crippen MR) is 128 cm³/mol. The Morgan fingerprint density at radius 2 is 1.84 bits per heavy atom. The Balaban J connectivity index is 1.85. The van der Waals surface area contributed by atoms with Crippen molar-refractivity contribution in [3.63, 3.8) is 0 Å². The second kappa shape index (κ2) is 10.0. The molecule has 1 heterocycles. The zero-order chi connectivity index (χ0) is 22.6. The van der Waals surface area contributed by atoms with E-state index in [0.717, 1.165) is 22.5 Å². The summed E-state index contributed by atoms with van der Waals surface area (Å²) in [6.45, 7) is 4.87. The first-order valence-electron chi connectivity index (χ1n) is 9.79. The third-order valence-corrected chi connectivity index (χ3v) is 8.40. The molecule has 3 aromatic rings. The molecular weight excluding hydrogens is 452 g/mol. The summed E-state index contributed by atoms with van der Waals surface area (Å²) < 4.78 is 33.3. The van der Waals surface area contributed by atoms with Crippen LogP contribution in [0.25, 0.3) is 10.2 Å². The fourth-order valence-corrected chi connectivity index (χ4v) is 5.84. The van der Waals surface area contributed by atoms with Crippen LogP contribution in [-0.2, 0) is 21.2 Å². The molecule has 0 saturated carbocycles. The second-order valence-corrected chi connectivity index (χ2v) is 11.3. The lowest BCUT2D eigenvalue weighted by molar-refractivity contribution is -0.117. The quantitative estimate of drug-likeness (QED) is 0.489. The van der Waals surface area contributed by atoms with Gasteiger partial charge in [0.1, 0.15) is 5.75 Å². The lowest BCUT2D eigenvalue weighted by Gasteiger charge is -2.06. The van der Waals surface area contributed by atoms with Crippen molar-refractivity contribution in [2.24, 2.45) is 4.99 Å². The second-order valence-electron chi connectivity index (χ2n) is 7.18. The third-order valence-electron chi connectivity index (χ3n) is 5.04. The van der Waals surface area contributed by atoms with E-state index in [9.17, 15) is 13.2 Å². The van der Waals surface area contributed by atoms with E-state index in [-0.39, 0.29) is 17.1 Å². The third kappa shape index (κ3) is 5.58. The summed E-state index contributed by atoms with van der Waals surface area (Å²) >= 11 is 3.19. The summed E-state index contributed by atoms with van der Waals surface area (Å²) in [5, 5.41) is 0. The normalized spacial score (nSPS) is 12.5. The van der Waals surface area contributed by atoms with Crippen LogP contribution in [0.2, 0.25) is 0 Å². The summed E-state index contributed by atoms with van der Waals surface area (Å²) in [7, 11) is -2.06. The number of thiazole rings is 1. The maximum absolute atomic E-state index is 12.6. The molecule has 31 heavy (non-hydrogen) atoms. The van der Waals surface area contributed by atoms with Gasteiger partial charge in [-0.05, 0) is 67.6 Å². The molecule has 166 valence electrons. The van der Waals surface area contributed by atoms with Crippen LogP contribution in [-0.4, -0.2) is 43.8 Å². The van der Waals surface area contributed by atoms with Crippen molar-refractivity contribution >= 4 is 49.1 Å². The minimum atomic E-state index is -3.58. The number of methoxy groups -OCH3 is 1. The molecule has 0 saturated heterocycles. The van der Waals surface area contributed by atoms with Gasteiger partial charge in [0.05, 0.1) is 28.0 Å². The van der Waals surface area contributed by atoms with Gasteiger partial charge >= 0.3 is 0 Å². The first kappa shape index (κ1) is 23.6. The molecule has 0 fully saturated rings. The number of thioether (sulfide) groups is 1. The van der Waals surface area contributed by atoms with Crippen molar-refractivity contribution in [3.05, 3.63) is 52.3 Å². The van der Waals surface area contributed by atoms with Crippen molar-refractivity contribution in [2.75, 3.05) is 24.9 Å². The van der Waals surface area contributed by atoms with E-state index < -0.39 is 15.7 Å². The molecule has 1 amide bonds. The number of nitrogens with zero attached hydrogens (tertiary/aromatic N) is 2. The van der Waals surface area contributed by atoms with E-state index >= 15 is 0 Å². The summed E-state index contributed by atoms with van der Waals surface area (Å²) in [5.41, 5.74) is 3.43. The number of aryl methyl sites for hydroxylation is 3. The van der Waals surface area contributed by atoms with Crippen LogP contribution < -0.4 is 9.54 Å². The molecule has 1 aromatic heterocycles. The van der Waals surface area contributed by atoms with Gasteiger partial charge in [-0.1, -0.05) is 11.3 Å². The van der Waals surface area contributed by atoms with Crippen molar-refractivity contribution < 1.29 is 17.9 Å². The number of ether oxygens (including phenoxy) is 1. The number of benzene rings is 2. The highest BCUT2D eigenvalue weighted by atomic mass is 32.2. The van der Waals surface area contributed by atoms with E-state index in [1.807, 2.05) is 6.26 Å². The van der Waals surface area contributed by atoms with Crippen molar-refractivity contribution in [1.29, 1.82) is 0 Å². The maximum atomic E-state index is 12.6. The van der Waals surface area contributed by atoms with Gasteiger partial charge in [0.2, 0.25) is 5.91 Å². The van der Waals surface area contributed by atoms with Gasteiger partial charge in [-0.2, -0.15) is 16.8 Å². The number of amides is 1. The molecule has 0 aliphatic heterocycles. The van der Waals surface area contributed by atoms with Gasteiger partial charge in [-0.3, -0.25) is 4.79 Å². The van der Waals surface area contributed by atoms with Crippen LogP contribution in [0.3, 0.4) is 0 Å². The van der Waals surface area contributed by atoms with Crippen molar-refractivity contribution in [1.82, 2.24) is 4.57 Å². The number of hydrogen-bond donors (Lipinski definition) is 0. The Kier molecular flexibility index (Phi) is 7.61. The molecule has 9 heteroatoms. The highest BCUT2D eigenvalue weighted by Crippen LogP contribution is 2.22.